The molecule has 0 aliphatic heterocycles. The molecule has 0 N–H and O–H groups in total. The topological polar surface area (TPSA) is 9.23 Å². The van der Waals surface area contributed by atoms with E-state index in [1.165, 1.54) is 6.92 Å². The van der Waals surface area contributed by atoms with Gasteiger partial charge in [-0.15, -0.1) is 0 Å². The Morgan fingerprint density at radius 3 is 1.94 bits per heavy atom. The summed E-state index contributed by atoms with van der Waals surface area (Å²) in [5, 5.41) is 0. The lowest BCUT2D eigenvalue weighted by atomic mass is 10.2. The highest BCUT2D eigenvalue weighted by atomic mass is 79.9. The molecule has 90 valence electrons. The molecular formula is C11H12BrF3O. The van der Waals surface area contributed by atoms with Crippen molar-refractivity contribution in [2.24, 2.45) is 0 Å². The molecule has 0 saturated heterocycles. The third kappa shape index (κ3) is 6.50. The zero-order chi connectivity index (χ0) is 12.9. The van der Waals surface area contributed by atoms with Crippen LogP contribution in [0, 0.1) is 0 Å². The molecule has 0 aromatic heterocycles. The van der Waals surface area contributed by atoms with Crippen LogP contribution in [0.2, 0.25) is 0 Å². The first-order chi connectivity index (χ1) is 7.12. The van der Waals surface area contributed by atoms with E-state index >= 15 is 0 Å². The number of hydrogen-bond acceptors (Lipinski definition) is 1. The zero-order valence-electron chi connectivity index (χ0n) is 8.99. The highest BCUT2D eigenvalue weighted by Crippen LogP contribution is 2.26. The van der Waals surface area contributed by atoms with Crippen LogP contribution in [0.4, 0.5) is 13.2 Å². The molecule has 0 unspecified atom stereocenters. The summed E-state index contributed by atoms with van der Waals surface area (Å²) in [6.07, 6.45) is -2.04. The van der Waals surface area contributed by atoms with Gasteiger partial charge in [0.05, 0.1) is 5.57 Å². The van der Waals surface area contributed by atoms with Crippen LogP contribution < -0.4 is 0 Å². The number of rotatable bonds is 4. The molecule has 0 atom stereocenters. The van der Waals surface area contributed by atoms with Crippen molar-refractivity contribution in [1.82, 2.24) is 0 Å². The van der Waals surface area contributed by atoms with E-state index in [-0.39, 0.29) is 5.76 Å². The number of alkyl halides is 3. The average Bonchev–Trinajstić information content (AvgIpc) is 1.98. The Balaban J connectivity index is 4.60. The maximum Gasteiger partial charge on any atom is 0.415 e. The molecule has 0 aliphatic carbocycles. The molecule has 1 nitrogen and oxygen atoms in total. The average molecular weight is 297 g/mol. The van der Waals surface area contributed by atoms with Crippen LogP contribution in [0.25, 0.3) is 0 Å². The van der Waals surface area contributed by atoms with E-state index < -0.39 is 11.7 Å². The minimum Gasteiger partial charge on any atom is -0.467 e. The lowest BCUT2D eigenvalue weighted by molar-refractivity contribution is -0.0880. The molecule has 0 rings (SSSR count). The Morgan fingerprint density at radius 1 is 1.12 bits per heavy atom. The van der Waals surface area contributed by atoms with Crippen molar-refractivity contribution >= 4 is 15.9 Å². The summed E-state index contributed by atoms with van der Waals surface area (Å²) in [6, 6.07) is 0. The maximum atomic E-state index is 12.1. The first-order valence-corrected chi connectivity index (χ1v) is 5.07. The van der Waals surface area contributed by atoms with Crippen LogP contribution >= 0.6 is 15.9 Å². The van der Waals surface area contributed by atoms with Gasteiger partial charge in [-0.3, -0.25) is 0 Å². The van der Waals surface area contributed by atoms with Gasteiger partial charge in [0, 0.05) is 4.48 Å². The summed E-state index contributed by atoms with van der Waals surface area (Å²) in [4.78, 5) is 0. The van der Waals surface area contributed by atoms with Crippen LogP contribution in [0.1, 0.15) is 13.8 Å². The standard InChI is InChI=1S/C11H12BrF3O/c1-7(11(13,14)15)5-9(3)16-10(4)6-8(2)12/h5-6H,1-2H2,3-4H3. The van der Waals surface area contributed by atoms with E-state index in [9.17, 15) is 13.2 Å². The molecule has 0 spiro atoms. The van der Waals surface area contributed by atoms with Crippen molar-refractivity contribution in [3.63, 3.8) is 0 Å². The van der Waals surface area contributed by atoms with Crippen molar-refractivity contribution in [3.05, 3.63) is 46.9 Å². The highest BCUT2D eigenvalue weighted by molar-refractivity contribution is 9.11. The minimum atomic E-state index is -4.43. The van der Waals surface area contributed by atoms with Gasteiger partial charge in [0.25, 0.3) is 0 Å². The lowest BCUT2D eigenvalue weighted by Gasteiger charge is -2.09. The quantitative estimate of drug-likeness (QED) is 0.533. The Kier molecular flexibility index (Phi) is 5.58. The first kappa shape index (κ1) is 15.0. The second-order valence-electron chi connectivity index (χ2n) is 3.08. The smallest absolute Gasteiger partial charge is 0.415 e. The first-order valence-electron chi connectivity index (χ1n) is 4.28. The molecule has 16 heavy (non-hydrogen) atoms. The fourth-order valence-electron chi connectivity index (χ4n) is 0.861. The molecule has 0 bridgehead atoms. The highest BCUT2D eigenvalue weighted by Gasteiger charge is 2.30. The minimum absolute atomic E-state index is 0.116. The van der Waals surface area contributed by atoms with Crippen molar-refractivity contribution in [2.45, 2.75) is 20.0 Å². The molecule has 0 radical (unpaired) electrons. The van der Waals surface area contributed by atoms with Gasteiger partial charge in [-0.1, -0.05) is 29.1 Å². The molecule has 0 aliphatic rings. The second-order valence-corrected chi connectivity index (χ2v) is 4.10. The third-order valence-corrected chi connectivity index (χ3v) is 1.65. The van der Waals surface area contributed by atoms with Crippen LogP contribution in [0.5, 0.6) is 0 Å². The van der Waals surface area contributed by atoms with Crippen LogP contribution in [0.15, 0.2) is 46.9 Å². The van der Waals surface area contributed by atoms with Gasteiger partial charge >= 0.3 is 6.18 Å². The predicted molar refractivity (Wildman–Crippen MR) is 61.9 cm³/mol. The lowest BCUT2D eigenvalue weighted by Crippen LogP contribution is -2.09. The third-order valence-electron chi connectivity index (χ3n) is 1.42. The molecule has 0 amide bonds. The fourth-order valence-corrected chi connectivity index (χ4v) is 1.18. The number of allylic oxidation sites excluding steroid dienone is 6. The van der Waals surface area contributed by atoms with Crippen molar-refractivity contribution in [3.8, 4) is 0 Å². The Hall–Kier alpha value is -0.970. The second kappa shape index (κ2) is 5.94. The molecule has 0 aromatic carbocycles. The van der Waals surface area contributed by atoms with Crippen LogP contribution in [-0.4, -0.2) is 6.18 Å². The van der Waals surface area contributed by atoms with Gasteiger partial charge in [-0.25, -0.2) is 0 Å². The molecule has 0 heterocycles. The summed E-state index contributed by atoms with van der Waals surface area (Å²) >= 11 is 3.08. The maximum absolute atomic E-state index is 12.1. The molecule has 5 heteroatoms. The van der Waals surface area contributed by atoms with E-state index in [0.29, 0.717) is 10.2 Å². The van der Waals surface area contributed by atoms with Crippen LogP contribution in [-0.2, 0) is 4.74 Å². The summed E-state index contributed by atoms with van der Waals surface area (Å²) in [6.45, 7) is 9.49. The van der Waals surface area contributed by atoms with Gasteiger partial charge in [0.1, 0.15) is 11.5 Å². The van der Waals surface area contributed by atoms with Gasteiger partial charge in [-0.2, -0.15) is 13.2 Å². The molecular weight excluding hydrogens is 285 g/mol. The van der Waals surface area contributed by atoms with E-state index in [2.05, 4.69) is 29.1 Å². The van der Waals surface area contributed by atoms with Crippen molar-refractivity contribution in [2.75, 3.05) is 0 Å². The largest absolute Gasteiger partial charge is 0.467 e. The van der Waals surface area contributed by atoms with Gasteiger partial charge in [0.15, 0.2) is 0 Å². The van der Waals surface area contributed by atoms with E-state index in [1.807, 2.05) is 0 Å². The van der Waals surface area contributed by atoms with Crippen molar-refractivity contribution in [1.29, 1.82) is 0 Å². The SMILES string of the molecule is C=C(Br)C=C(C)OC(C)=CC(=C)C(F)(F)F. The number of halogens is 4. The van der Waals surface area contributed by atoms with Gasteiger partial charge < -0.3 is 4.74 Å². The monoisotopic (exact) mass is 296 g/mol. The Labute approximate surface area is 101 Å². The van der Waals surface area contributed by atoms with Crippen molar-refractivity contribution < 1.29 is 17.9 Å². The number of hydrogen-bond donors (Lipinski definition) is 0. The molecule has 0 fully saturated rings. The summed E-state index contributed by atoms with van der Waals surface area (Å²) in [7, 11) is 0. The fraction of sp³-hybridized carbons (Fsp3) is 0.273. The van der Waals surface area contributed by atoms with E-state index in [0.717, 1.165) is 6.08 Å². The molecule has 0 saturated carbocycles. The Bertz CT molecular complexity index is 351. The van der Waals surface area contributed by atoms with Gasteiger partial charge in [0.2, 0.25) is 0 Å². The van der Waals surface area contributed by atoms with Gasteiger partial charge in [-0.05, 0) is 26.0 Å². The van der Waals surface area contributed by atoms with E-state index in [1.54, 1.807) is 13.0 Å². The summed E-state index contributed by atoms with van der Waals surface area (Å²) < 4.78 is 42.0. The van der Waals surface area contributed by atoms with Crippen LogP contribution in [0.3, 0.4) is 0 Å². The van der Waals surface area contributed by atoms with E-state index in [4.69, 9.17) is 4.74 Å². The summed E-state index contributed by atoms with van der Waals surface area (Å²) in [5.74, 6) is 0.551. The predicted octanol–water partition coefficient (Wildman–Crippen LogP) is 4.84. The Morgan fingerprint density at radius 2 is 1.56 bits per heavy atom. The number of ether oxygens (including phenoxy) is 1. The zero-order valence-corrected chi connectivity index (χ0v) is 10.6. The normalized spacial score (nSPS) is 13.6. The molecule has 0 aromatic rings. The summed E-state index contributed by atoms with van der Waals surface area (Å²) in [5.41, 5.74) is -0.949.